The van der Waals surface area contributed by atoms with Crippen LogP contribution in [0, 0.1) is 6.92 Å². The van der Waals surface area contributed by atoms with Crippen LogP contribution >= 0.6 is 0 Å². The minimum Gasteiger partial charge on any atom is -0.265 e. The van der Waals surface area contributed by atoms with E-state index in [9.17, 15) is 0 Å². The summed E-state index contributed by atoms with van der Waals surface area (Å²) in [6, 6.07) is 10.6. The van der Waals surface area contributed by atoms with E-state index in [4.69, 9.17) is 0 Å². The van der Waals surface area contributed by atoms with E-state index in [1.165, 1.54) is 22.3 Å². The van der Waals surface area contributed by atoms with Crippen molar-refractivity contribution in [3.63, 3.8) is 0 Å². The summed E-state index contributed by atoms with van der Waals surface area (Å²) in [5, 5.41) is 0. The van der Waals surface area contributed by atoms with Gasteiger partial charge in [0.1, 0.15) is 0 Å². The molecule has 0 unspecified atom stereocenters. The molecule has 1 heteroatoms. The molecule has 2 aromatic rings. The molecular formula is C16H17N. The molecule has 0 atom stereocenters. The third-order valence-electron chi connectivity index (χ3n) is 2.83. The highest BCUT2D eigenvalue weighted by molar-refractivity contribution is 5.68. The molecule has 0 N–H and O–H groups in total. The molecule has 1 nitrogen and oxygen atoms in total. The Labute approximate surface area is 103 Å². The van der Waals surface area contributed by atoms with Crippen molar-refractivity contribution >= 4 is 6.08 Å². The van der Waals surface area contributed by atoms with Crippen molar-refractivity contribution in [3.8, 4) is 11.1 Å². The Bertz CT molecular complexity index is 512. The van der Waals surface area contributed by atoms with E-state index in [0.717, 1.165) is 6.42 Å². The second kappa shape index (κ2) is 5.44. The van der Waals surface area contributed by atoms with Crippen LogP contribution in [0.4, 0.5) is 0 Å². The number of rotatable bonds is 3. The Morgan fingerprint density at radius 1 is 1.06 bits per heavy atom. The second-order valence-corrected chi connectivity index (χ2v) is 4.12. The highest BCUT2D eigenvalue weighted by Crippen LogP contribution is 2.22. The fourth-order valence-electron chi connectivity index (χ4n) is 1.79. The molecule has 0 radical (unpaired) electrons. The van der Waals surface area contributed by atoms with Gasteiger partial charge in [-0.15, -0.1) is 0 Å². The standard InChI is InChI=1S/C16H17N/c1-3-4-5-15-12-16(7-6-13(15)2)14-8-10-17-11-9-14/h4-12H,3H2,1-2H3/b5-4-. The Hall–Kier alpha value is -1.89. The summed E-state index contributed by atoms with van der Waals surface area (Å²) in [6.07, 6.45) is 9.12. The summed E-state index contributed by atoms with van der Waals surface area (Å²) in [5.74, 6) is 0. The summed E-state index contributed by atoms with van der Waals surface area (Å²) in [6.45, 7) is 4.30. The van der Waals surface area contributed by atoms with Crippen molar-refractivity contribution in [2.24, 2.45) is 0 Å². The fraction of sp³-hybridized carbons (Fsp3) is 0.188. The molecule has 86 valence electrons. The van der Waals surface area contributed by atoms with Crippen LogP contribution in [0.2, 0.25) is 0 Å². The number of nitrogens with zero attached hydrogens (tertiary/aromatic N) is 1. The molecule has 0 aliphatic rings. The van der Waals surface area contributed by atoms with Gasteiger partial charge in [-0.2, -0.15) is 0 Å². The average Bonchev–Trinajstić information content (AvgIpc) is 2.39. The van der Waals surface area contributed by atoms with Gasteiger partial charge in [0.05, 0.1) is 0 Å². The van der Waals surface area contributed by atoms with Gasteiger partial charge in [0, 0.05) is 12.4 Å². The zero-order valence-electron chi connectivity index (χ0n) is 10.4. The predicted octanol–water partition coefficient (Wildman–Crippen LogP) is 4.48. The maximum Gasteiger partial charge on any atom is 0.0273 e. The van der Waals surface area contributed by atoms with Gasteiger partial charge in [0.2, 0.25) is 0 Å². The van der Waals surface area contributed by atoms with Crippen LogP contribution < -0.4 is 0 Å². The van der Waals surface area contributed by atoms with Gasteiger partial charge >= 0.3 is 0 Å². The Balaban J connectivity index is 2.41. The van der Waals surface area contributed by atoms with Crippen molar-refractivity contribution in [2.45, 2.75) is 20.3 Å². The number of hydrogen-bond acceptors (Lipinski definition) is 1. The van der Waals surface area contributed by atoms with Crippen molar-refractivity contribution in [1.82, 2.24) is 4.98 Å². The van der Waals surface area contributed by atoms with Crippen LogP contribution in [-0.2, 0) is 0 Å². The fourth-order valence-corrected chi connectivity index (χ4v) is 1.79. The van der Waals surface area contributed by atoms with E-state index in [0.29, 0.717) is 0 Å². The number of pyridine rings is 1. The van der Waals surface area contributed by atoms with E-state index < -0.39 is 0 Å². The van der Waals surface area contributed by atoms with Gasteiger partial charge in [-0.3, -0.25) is 4.98 Å². The van der Waals surface area contributed by atoms with Crippen LogP contribution in [0.5, 0.6) is 0 Å². The first-order valence-electron chi connectivity index (χ1n) is 5.99. The lowest BCUT2D eigenvalue weighted by Crippen LogP contribution is -1.84. The van der Waals surface area contributed by atoms with Crippen molar-refractivity contribution < 1.29 is 0 Å². The number of aryl methyl sites for hydroxylation is 1. The minimum atomic E-state index is 1.07. The third kappa shape index (κ3) is 2.82. The topological polar surface area (TPSA) is 12.9 Å². The normalized spacial score (nSPS) is 10.9. The van der Waals surface area contributed by atoms with Crippen LogP contribution in [0.15, 0.2) is 48.8 Å². The molecule has 0 fully saturated rings. The number of benzene rings is 1. The molecule has 17 heavy (non-hydrogen) atoms. The molecule has 0 spiro atoms. The first-order chi connectivity index (χ1) is 8.31. The quantitative estimate of drug-likeness (QED) is 0.747. The molecule has 1 aromatic carbocycles. The number of aromatic nitrogens is 1. The van der Waals surface area contributed by atoms with E-state index in [1.54, 1.807) is 0 Å². The molecule has 2 rings (SSSR count). The third-order valence-corrected chi connectivity index (χ3v) is 2.83. The van der Waals surface area contributed by atoms with Gasteiger partial charge in [0.15, 0.2) is 0 Å². The first-order valence-corrected chi connectivity index (χ1v) is 5.99. The molecule has 0 aliphatic carbocycles. The van der Waals surface area contributed by atoms with E-state index in [1.807, 2.05) is 24.5 Å². The molecule has 1 heterocycles. The van der Waals surface area contributed by atoms with Crippen LogP contribution in [0.1, 0.15) is 24.5 Å². The van der Waals surface area contributed by atoms with E-state index in [2.05, 4.69) is 49.2 Å². The van der Waals surface area contributed by atoms with Gasteiger partial charge in [0.25, 0.3) is 0 Å². The van der Waals surface area contributed by atoms with Gasteiger partial charge in [-0.25, -0.2) is 0 Å². The lowest BCUT2D eigenvalue weighted by molar-refractivity contribution is 1.23. The zero-order chi connectivity index (χ0) is 12.1. The molecule has 1 aromatic heterocycles. The van der Waals surface area contributed by atoms with Gasteiger partial charge in [-0.05, 0) is 53.8 Å². The molecule has 0 amide bonds. The Kier molecular flexibility index (Phi) is 3.71. The highest BCUT2D eigenvalue weighted by Gasteiger charge is 2.00. The smallest absolute Gasteiger partial charge is 0.0273 e. The zero-order valence-corrected chi connectivity index (χ0v) is 10.4. The maximum absolute atomic E-state index is 4.05. The van der Waals surface area contributed by atoms with Crippen molar-refractivity contribution in [3.05, 3.63) is 59.9 Å². The molecular weight excluding hydrogens is 206 g/mol. The highest BCUT2D eigenvalue weighted by atomic mass is 14.6. The first kappa shape index (κ1) is 11.6. The summed E-state index contributed by atoms with van der Waals surface area (Å²) >= 11 is 0. The Morgan fingerprint density at radius 3 is 2.53 bits per heavy atom. The summed E-state index contributed by atoms with van der Waals surface area (Å²) in [7, 11) is 0. The maximum atomic E-state index is 4.05. The monoisotopic (exact) mass is 223 g/mol. The summed E-state index contributed by atoms with van der Waals surface area (Å²) in [5.41, 5.74) is 5.06. The largest absolute Gasteiger partial charge is 0.265 e. The Morgan fingerprint density at radius 2 is 1.82 bits per heavy atom. The average molecular weight is 223 g/mol. The minimum absolute atomic E-state index is 1.07. The molecule has 0 saturated carbocycles. The predicted molar refractivity (Wildman–Crippen MR) is 73.7 cm³/mol. The molecule has 0 saturated heterocycles. The number of allylic oxidation sites excluding steroid dienone is 1. The van der Waals surface area contributed by atoms with Crippen LogP contribution in [0.25, 0.3) is 17.2 Å². The van der Waals surface area contributed by atoms with Crippen molar-refractivity contribution in [2.75, 3.05) is 0 Å². The second-order valence-electron chi connectivity index (χ2n) is 4.12. The SMILES string of the molecule is CC/C=C\c1cc(-c2ccncc2)ccc1C. The van der Waals surface area contributed by atoms with Gasteiger partial charge in [-0.1, -0.05) is 31.2 Å². The van der Waals surface area contributed by atoms with E-state index in [-0.39, 0.29) is 0 Å². The summed E-state index contributed by atoms with van der Waals surface area (Å²) < 4.78 is 0. The molecule has 0 aliphatic heterocycles. The molecule has 0 bridgehead atoms. The number of hydrogen-bond donors (Lipinski definition) is 0. The lowest BCUT2D eigenvalue weighted by Gasteiger charge is -2.05. The lowest BCUT2D eigenvalue weighted by atomic mass is 10.00. The van der Waals surface area contributed by atoms with E-state index >= 15 is 0 Å². The summed E-state index contributed by atoms with van der Waals surface area (Å²) in [4.78, 5) is 4.05. The van der Waals surface area contributed by atoms with Crippen molar-refractivity contribution in [1.29, 1.82) is 0 Å². The van der Waals surface area contributed by atoms with Gasteiger partial charge < -0.3 is 0 Å². The van der Waals surface area contributed by atoms with Crippen LogP contribution in [0.3, 0.4) is 0 Å². The van der Waals surface area contributed by atoms with Crippen LogP contribution in [-0.4, -0.2) is 4.98 Å².